The van der Waals surface area contributed by atoms with Crippen molar-refractivity contribution in [2.75, 3.05) is 20.8 Å². The van der Waals surface area contributed by atoms with E-state index in [9.17, 15) is 9.59 Å². The third kappa shape index (κ3) is 7.17. The van der Waals surface area contributed by atoms with Gasteiger partial charge in [0.05, 0.1) is 20.3 Å². The van der Waals surface area contributed by atoms with Crippen molar-refractivity contribution in [3.05, 3.63) is 159 Å². The van der Waals surface area contributed by atoms with E-state index in [0.717, 1.165) is 33.4 Å². The lowest BCUT2D eigenvalue weighted by Crippen LogP contribution is -2.29. The molecule has 0 bridgehead atoms. The highest BCUT2D eigenvalue weighted by atomic mass is 35.5. The van der Waals surface area contributed by atoms with Crippen molar-refractivity contribution in [3.63, 3.8) is 0 Å². The maximum atomic E-state index is 13.6. The van der Waals surface area contributed by atoms with Gasteiger partial charge in [0.1, 0.15) is 17.3 Å². The summed E-state index contributed by atoms with van der Waals surface area (Å²) in [7, 11) is 3.13. The van der Waals surface area contributed by atoms with Crippen molar-refractivity contribution in [1.29, 1.82) is 0 Å². The molecule has 5 aromatic carbocycles. The first-order valence-corrected chi connectivity index (χ1v) is 17.6. The van der Waals surface area contributed by atoms with Crippen molar-refractivity contribution in [3.8, 4) is 33.2 Å². The van der Waals surface area contributed by atoms with Crippen LogP contribution < -0.4 is 20.1 Å². The molecule has 256 valence electrons. The molecule has 2 N–H and O–H groups in total. The van der Waals surface area contributed by atoms with Gasteiger partial charge in [0.15, 0.2) is 11.5 Å². The van der Waals surface area contributed by atoms with Gasteiger partial charge in [0, 0.05) is 28.4 Å². The minimum absolute atomic E-state index is 0.0122. The molecule has 1 unspecified atom stereocenters. The van der Waals surface area contributed by atoms with Gasteiger partial charge in [-0.1, -0.05) is 103 Å². The fourth-order valence-electron chi connectivity index (χ4n) is 6.44. The molecule has 0 aliphatic heterocycles. The zero-order valence-corrected chi connectivity index (χ0v) is 29.5. The Bertz CT molecular complexity index is 2170. The maximum Gasteiger partial charge on any atom is 0.407 e. The molecular weight excluding hydrogens is 682 g/mol. The van der Waals surface area contributed by atoms with Crippen LogP contribution in [0.25, 0.3) is 21.7 Å². The van der Waals surface area contributed by atoms with Gasteiger partial charge in [-0.2, -0.15) is 0 Å². The van der Waals surface area contributed by atoms with Crippen LogP contribution in [-0.2, 0) is 11.3 Å². The van der Waals surface area contributed by atoms with E-state index in [0.29, 0.717) is 21.5 Å². The monoisotopic (exact) mass is 715 g/mol. The van der Waals surface area contributed by atoms with Crippen molar-refractivity contribution >= 4 is 34.9 Å². The number of carbonyl (C=O) groups is 2. The minimum Gasteiger partial charge on any atom is -0.493 e. The molecule has 7 rings (SSSR count). The summed E-state index contributed by atoms with van der Waals surface area (Å²) in [4.78, 5) is 31.1. The first kappa shape index (κ1) is 33.8. The number of aromatic nitrogens is 1. The van der Waals surface area contributed by atoms with Crippen LogP contribution in [0.2, 0.25) is 5.02 Å². The maximum absolute atomic E-state index is 13.6. The highest BCUT2D eigenvalue weighted by Gasteiger charge is 2.29. The quantitative estimate of drug-likeness (QED) is 0.139. The van der Waals surface area contributed by atoms with E-state index in [2.05, 4.69) is 39.9 Å². The van der Waals surface area contributed by atoms with Crippen LogP contribution in [-0.4, -0.2) is 37.8 Å². The second-order valence-electron chi connectivity index (χ2n) is 12.0. The zero-order valence-electron chi connectivity index (χ0n) is 27.9. The first-order valence-electron chi connectivity index (χ1n) is 16.3. The Kier molecular flexibility index (Phi) is 10.0. The molecule has 1 aliphatic carbocycles. The van der Waals surface area contributed by atoms with Crippen LogP contribution in [0.4, 0.5) is 4.79 Å². The number of hydrogen-bond acceptors (Lipinski definition) is 7. The number of halogens is 1. The van der Waals surface area contributed by atoms with E-state index in [1.54, 1.807) is 31.7 Å². The van der Waals surface area contributed by atoms with Gasteiger partial charge in [-0.15, -0.1) is 11.3 Å². The molecule has 1 heterocycles. The Labute approximate surface area is 305 Å². The Morgan fingerprint density at radius 2 is 1.53 bits per heavy atom. The average molecular weight is 716 g/mol. The summed E-state index contributed by atoms with van der Waals surface area (Å²) in [5.41, 5.74) is 8.15. The normalized spacial score (nSPS) is 12.4. The molecule has 0 fully saturated rings. The van der Waals surface area contributed by atoms with E-state index < -0.39 is 12.1 Å². The molecule has 1 aliphatic rings. The van der Waals surface area contributed by atoms with Crippen LogP contribution in [0.15, 0.2) is 121 Å². The number of thiazole rings is 1. The highest BCUT2D eigenvalue weighted by Crippen LogP contribution is 2.44. The van der Waals surface area contributed by atoms with Crippen molar-refractivity contribution in [1.82, 2.24) is 15.6 Å². The van der Waals surface area contributed by atoms with Crippen LogP contribution in [0.1, 0.15) is 50.3 Å². The fraction of sp³-hybridized carbons (Fsp3) is 0.146. The third-order valence-electron chi connectivity index (χ3n) is 8.92. The van der Waals surface area contributed by atoms with E-state index in [1.807, 2.05) is 78.9 Å². The molecule has 2 amide bonds. The number of carbonyl (C=O) groups excluding carboxylic acids is 2. The van der Waals surface area contributed by atoms with Crippen LogP contribution in [0, 0.1) is 0 Å². The van der Waals surface area contributed by atoms with E-state index >= 15 is 0 Å². The molecule has 10 heteroatoms. The predicted molar refractivity (Wildman–Crippen MR) is 200 cm³/mol. The Hall–Kier alpha value is -5.64. The third-order valence-corrected chi connectivity index (χ3v) is 10.2. The molecule has 0 saturated heterocycles. The topological polar surface area (TPSA) is 98.8 Å². The van der Waals surface area contributed by atoms with Gasteiger partial charge in [-0.3, -0.25) is 4.79 Å². The molecule has 0 saturated carbocycles. The van der Waals surface area contributed by atoms with Gasteiger partial charge in [0.2, 0.25) is 0 Å². The zero-order chi connectivity index (χ0) is 35.3. The van der Waals surface area contributed by atoms with E-state index in [4.69, 9.17) is 25.8 Å². The Morgan fingerprint density at radius 1 is 0.824 bits per heavy atom. The number of ether oxygens (including phenoxy) is 3. The van der Waals surface area contributed by atoms with Gasteiger partial charge >= 0.3 is 6.09 Å². The SMILES string of the molecule is COc1ccc(C(NC(=O)c2csc(-c3cccc(CNC(=O)OCC4c5ccccc5-c5ccccc54)c3)n2)c2ccccc2Cl)cc1OC. The summed E-state index contributed by atoms with van der Waals surface area (Å²) >= 11 is 7.97. The number of hydrogen-bond donors (Lipinski definition) is 2. The molecule has 51 heavy (non-hydrogen) atoms. The summed E-state index contributed by atoms with van der Waals surface area (Å²) < 4.78 is 16.6. The molecule has 8 nitrogen and oxygen atoms in total. The number of fused-ring (bicyclic) bond motifs is 3. The molecule has 6 aromatic rings. The van der Waals surface area contributed by atoms with Gasteiger partial charge in [-0.05, 0) is 63.2 Å². The fourth-order valence-corrected chi connectivity index (χ4v) is 7.48. The molecule has 1 atom stereocenters. The van der Waals surface area contributed by atoms with Gasteiger partial charge in [-0.25, -0.2) is 9.78 Å². The van der Waals surface area contributed by atoms with Crippen molar-refractivity contribution < 1.29 is 23.8 Å². The summed E-state index contributed by atoms with van der Waals surface area (Å²) in [5, 5.41) is 8.90. The highest BCUT2D eigenvalue weighted by molar-refractivity contribution is 7.13. The second-order valence-corrected chi connectivity index (χ2v) is 13.2. The average Bonchev–Trinajstić information content (AvgIpc) is 3.79. The minimum atomic E-state index is -0.580. The van der Waals surface area contributed by atoms with Crippen molar-refractivity contribution in [2.24, 2.45) is 0 Å². The molecular formula is C41H34ClN3O5S. The summed E-state index contributed by atoms with van der Waals surface area (Å²) in [6.07, 6.45) is -0.488. The van der Waals surface area contributed by atoms with Crippen LogP contribution in [0.5, 0.6) is 11.5 Å². The lowest BCUT2D eigenvalue weighted by atomic mass is 9.98. The van der Waals surface area contributed by atoms with E-state index in [-0.39, 0.29) is 30.7 Å². The van der Waals surface area contributed by atoms with Crippen LogP contribution >= 0.6 is 22.9 Å². The number of nitrogens with zero attached hydrogens (tertiary/aromatic N) is 1. The summed E-state index contributed by atoms with van der Waals surface area (Å²) in [6, 6.07) is 36.4. The Morgan fingerprint density at radius 3 is 2.25 bits per heavy atom. The number of amides is 2. The lowest BCUT2D eigenvalue weighted by Gasteiger charge is -2.21. The van der Waals surface area contributed by atoms with Gasteiger partial charge in [0.25, 0.3) is 5.91 Å². The standard InChI is InChI=1S/C41H34ClN3O5S/c1-48-36-19-18-26(21-37(36)49-2)38(32-16-7-8-17-34(32)42)45-39(46)35-24-51-40(44-35)27-11-9-10-25(20-27)22-43-41(47)50-23-33-30-14-5-3-12-28(30)29-13-4-6-15-31(29)33/h3-21,24,33,38H,22-23H2,1-2H3,(H,43,47)(H,45,46). The summed E-state index contributed by atoms with van der Waals surface area (Å²) in [6.45, 7) is 0.515. The number of alkyl carbamates (subject to hydrolysis) is 1. The van der Waals surface area contributed by atoms with Crippen LogP contribution in [0.3, 0.4) is 0 Å². The largest absolute Gasteiger partial charge is 0.493 e. The summed E-state index contributed by atoms with van der Waals surface area (Å²) in [5.74, 6) is 0.739. The lowest BCUT2D eigenvalue weighted by molar-refractivity contribution is 0.0938. The molecule has 1 aromatic heterocycles. The number of methoxy groups -OCH3 is 2. The van der Waals surface area contributed by atoms with E-state index in [1.165, 1.54) is 22.5 Å². The number of nitrogens with one attached hydrogen (secondary N) is 2. The first-order chi connectivity index (χ1) is 24.9. The molecule has 0 radical (unpaired) electrons. The number of benzene rings is 5. The second kappa shape index (κ2) is 15.1. The smallest absolute Gasteiger partial charge is 0.407 e. The van der Waals surface area contributed by atoms with Gasteiger partial charge < -0.3 is 24.8 Å². The predicted octanol–water partition coefficient (Wildman–Crippen LogP) is 9.04. The Balaban J connectivity index is 1.01. The van der Waals surface area contributed by atoms with Crippen molar-refractivity contribution in [2.45, 2.75) is 18.5 Å². The number of rotatable bonds is 11. The molecule has 0 spiro atoms.